The van der Waals surface area contributed by atoms with Crippen LogP contribution in [0.3, 0.4) is 0 Å². The predicted molar refractivity (Wildman–Crippen MR) is 123 cm³/mol. The van der Waals surface area contributed by atoms with Gasteiger partial charge < -0.3 is 23.4 Å². The number of carbonyl (C=O) groups excluding carboxylic acids is 2. The molecule has 3 saturated heterocycles. The second-order valence-corrected chi connectivity index (χ2v) is 13.1. The molecule has 0 aromatic carbocycles. The molecule has 10 atom stereocenters. The molecule has 3 aliphatic heterocycles. The molecule has 6 fully saturated rings. The van der Waals surface area contributed by atoms with E-state index in [0.717, 1.165) is 19.3 Å². The quantitative estimate of drug-likeness (QED) is 0.454. The van der Waals surface area contributed by atoms with Crippen molar-refractivity contribution in [3.8, 4) is 0 Å². The third-order valence-electron chi connectivity index (χ3n) is 11.7. The number of hydrogen-bond acceptors (Lipinski definition) is 7. The average Bonchev–Trinajstić information content (AvgIpc) is 3.06. The lowest BCUT2D eigenvalue weighted by molar-refractivity contribution is -0.250. The number of rotatable bonds is 2. The molecule has 0 radical (unpaired) electrons. The SMILES string of the molecule is CC(=O)O[C@@H]1C[C@H]2C(C)(C)O[C@H]3CC(=O)OC[C@]32[C@H]2CC[C@@]3(C)[C@H](c4ccoc4)C[C@H]4O[C@]43[C@@]21C. The van der Waals surface area contributed by atoms with Crippen LogP contribution in [0, 0.1) is 28.1 Å². The summed E-state index contributed by atoms with van der Waals surface area (Å²) in [6.07, 6.45) is 7.17. The van der Waals surface area contributed by atoms with Crippen LogP contribution >= 0.6 is 0 Å². The normalized spacial score (nSPS) is 52.9. The van der Waals surface area contributed by atoms with E-state index in [1.54, 1.807) is 6.26 Å². The van der Waals surface area contributed by atoms with E-state index in [1.165, 1.54) is 12.5 Å². The second-order valence-electron chi connectivity index (χ2n) is 13.1. The van der Waals surface area contributed by atoms with Crippen LogP contribution in [0.4, 0.5) is 0 Å². The summed E-state index contributed by atoms with van der Waals surface area (Å²) < 4.78 is 31.0. The van der Waals surface area contributed by atoms with Crippen LogP contribution in [0.25, 0.3) is 0 Å². The number of esters is 2. The lowest BCUT2D eigenvalue weighted by Gasteiger charge is -2.66. The van der Waals surface area contributed by atoms with Crippen LogP contribution in [0.1, 0.15) is 78.2 Å². The van der Waals surface area contributed by atoms with Crippen LogP contribution in [0.15, 0.2) is 23.0 Å². The van der Waals surface area contributed by atoms with E-state index in [9.17, 15) is 9.59 Å². The van der Waals surface area contributed by atoms with Crippen molar-refractivity contribution in [2.75, 3.05) is 6.61 Å². The average molecular weight is 485 g/mol. The van der Waals surface area contributed by atoms with Gasteiger partial charge in [-0.3, -0.25) is 9.59 Å². The Balaban J connectivity index is 1.40. The Kier molecular flexibility index (Phi) is 4.16. The number of hydrogen-bond donors (Lipinski definition) is 0. The highest BCUT2D eigenvalue weighted by Crippen LogP contribution is 2.83. The Morgan fingerprint density at radius 3 is 2.60 bits per heavy atom. The molecule has 3 aliphatic carbocycles. The van der Waals surface area contributed by atoms with Crippen LogP contribution < -0.4 is 0 Å². The van der Waals surface area contributed by atoms with Crippen molar-refractivity contribution in [1.29, 1.82) is 0 Å². The Labute approximate surface area is 206 Å². The first-order chi connectivity index (χ1) is 16.5. The first kappa shape index (κ1) is 22.3. The molecule has 3 saturated carbocycles. The minimum absolute atomic E-state index is 0.107. The molecule has 7 heteroatoms. The van der Waals surface area contributed by atoms with Gasteiger partial charge >= 0.3 is 11.9 Å². The summed E-state index contributed by atoms with van der Waals surface area (Å²) >= 11 is 0. The molecular weight excluding hydrogens is 448 g/mol. The highest BCUT2D eigenvalue weighted by atomic mass is 16.6. The lowest BCUT2D eigenvalue weighted by atomic mass is 9.37. The maximum Gasteiger partial charge on any atom is 0.308 e. The summed E-state index contributed by atoms with van der Waals surface area (Å²) in [6.45, 7) is 10.8. The maximum atomic E-state index is 12.5. The van der Waals surface area contributed by atoms with Gasteiger partial charge in [0.25, 0.3) is 0 Å². The van der Waals surface area contributed by atoms with Crippen molar-refractivity contribution < 1.29 is 33.0 Å². The molecular formula is C28H36O7. The monoisotopic (exact) mass is 484 g/mol. The van der Waals surface area contributed by atoms with Gasteiger partial charge in [-0.05, 0) is 63.0 Å². The Morgan fingerprint density at radius 2 is 1.89 bits per heavy atom. The van der Waals surface area contributed by atoms with Crippen LogP contribution in [0.5, 0.6) is 0 Å². The fraction of sp³-hybridized carbons (Fsp3) is 0.786. The number of epoxide rings is 1. The molecule has 0 unspecified atom stereocenters. The van der Waals surface area contributed by atoms with Gasteiger partial charge in [0.2, 0.25) is 0 Å². The third kappa shape index (κ3) is 2.36. The minimum atomic E-state index is -0.435. The molecule has 190 valence electrons. The van der Waals surface area contributed by atoms with Gasteiger partial charge in [0.1, 0.15) is 18.3 Å². The van der Waals surface area contributed by atoms with Gasteiger partial charge in [0.05, 0.1) is 36.8 Å². The molecule has 6 aliphatic rings. The molecule has 7 nitrogen and oxygen atoms in total. The summed E-state index contributed by atoms with van der Waals surface area (Å²) in [4.78, 5) is 24.9. The molecule has 35 heavy (non-hydrogen) atoms. The number of carbonyl (C=O) groups is 2. The molecule has 1 aromatic heterocycles. The first-order valence-corrected chi connectivity index (χ1v) is 13.2. The number of fused-ring (bicyclic) bond motifs is 1. The predicted octanol–water partition coefficient (Wildman–Crippen LogP) is 4.39. The summed E-state index contributed by atoms with van der Waals surface area (Å²) in [5.74, 6) is 0.182. The highest BCUT2D eigenvalue weighted by Gasteiger charge is 2.88. The Hall–Kier alpha value is -1.86. The summed E-state index contributed by atoms with van der Waals surface area (Å²) in [7, 11) is 0. The van der Waals surface area contributed by atoms with E-state index in [0.29, 0.717) is 18.9 Å². The van der Waals surface area contributed by atoms with Crippen molar-refractivity contribution in [2.24, 2.45) is 28.1 Å². The standard InChI is InChI=1S/C28H36O7/c1-15(29)33-20-11-19-24(2,3)34-21-12-23(30)32-14-27(19,21)18-6-8-25(4)17(16-7-9-31-13-16)10-22-28(25,35-22)26(18,20)5/h7,9,13,17-22H,6,8,10-12,14H2,1-5H3/t17-,18-,19-,20+,21-,22+,25-,26-,27+,28+/m0/s1. The van der Waals surface area contributed by atoms with E-state index < -0.39 is 16.6 Å². The van der Waals surface area contributed by atoms with Crippen LogP contribution in [-0.4, -0.2) is 48.1 Å². The molecule has 1 aromatic rings. The molecule has 0 amide bonds. The fourth-order valence-corrected chi connectivity index (χ4v) is 10.5. The highest BCUT2D eigenvalue weighted by molar-refractivity contribution is 5.71. The van der Waals surface area contributed by atoms with Crippen molar-refractivity contribution in [3.63, 3.8) is 0 Å². The summed E-state index contributed by atoms with van der Waals surface area (Å²) in [5, 5.41) is 0. The topological polar surface area (TPSA) is 87.5 Å². The number of furan rings is 1. The van der Waals surface area contributed by atoms with Crippen molar-refractivity contribution in [2.45, 2.75) is 102 Å². The number of ether oxygens (including phenoxy) is 4. The second kappa shape index (κ2) is 6.52. The van der Waals surface area contributed by atoms with Gasteiger partial charge in [0, 0.05) is 29.1 Å². The lowest BCUT2D eigenvalue weighted by Crippen LogP contribution is -2.72. The van der Waals surface area contributed by atoms with Gasteiger partial charge in [0.15, 0.2) is 0 Å². The fourth-order valence-electron chi connectivity index (χ4n) is 10.5. The van der Waals surface area contributed by atoms with Crippen LogP contribution in [0.2, 0.25) is 0 Å². The molecule has 7 rings (SSSR count). The zero-order valence-corrected chi connectivity index (χ0v) is 21.3. The Morgan fingerprint density at radius 1 is 1.09 bits per heavy atom. The van der Waals surface area contributed by atoms with E-state index in [1.807, 2.05) is 6.26 Å². The van der Waals surface area contributed by atoms with E-state index >= 15 is 0 Å². The third-order valence-corrected chi connectivity index (χ3v) is 11.7. The zero-order chi connectivity index (χ0) is 24.6. The van der Waals surface area contributed by atoms with Gasteiger partial charge in [-0.15, -0.1) is 0 Å². The molecule has 0 bridgehead atoms. The van der Waals surface area contributed by atoms with E-state index in [4.69, 9.17) is 23.4 Å². The summed E-state index contributed by atoms with van der Waals surface area (Å²) in [6, 6.07) is 2.09. The van der Waals surface area contributed by atoms with Crippen molar-refractivity contribution in [3.05, 3.63) is 24.2 Å². The molecule has 0 N–H and O–H groups in total. The molecule has 2 spiro atoms. The smallest absolute Gasteiger partial charge is 0.308 e. The van der Waals surface area contributed by atoms with Gasteiger partial charge in [-0.2, -0.15) is 0 Å². The van der Waals surface area contributed by atoms with Gasteiger partial charge in [-0.25, -0.2) is 0 Å². The van der Waals surface area contributed by atoms with E-state index in [2.05, 4.69) is 33.8 Å². The van der Waals surface area contributed by atoms with Crippen molar-refractivity contribution >= 4 is 11.9 Å². The van der Waals surface area contributed by atoms with Crippen molar-refractivity contribution in [1.82, 2.24) is 0 Å². The number of cyclic esters (lactones) is 1. The van der Waals surface area contributed by atoms with E-state index in [-0.39, 0.29) is 59.3 Å². The summed E-state index contributed by atoms with van der Waals surface area (Å²) in [5.41, 5.74) is -0.431. The first-order valence-electron chi connectivity index (χ1n) is 13.2. The maximum absolute atomic E-state index is 12.5. The Bertz CT molecular complexity index is 1090. The molecule has 4 heterocycles. The van der Waals surface area contributed by atoms with Crippen LogP contribution in [-0.2, 0) is 28.5 Å². The minimum Gasteiger partial charge on any atom is -0.472 e. The van der Waals surface area contributed by atoms with Gasteiger partial charge in [-0.1, -0.05) is 13.8 Å². The zero-order valence-electron chi connectivity index (χ0n) is 21.3. The largest absolute Gasteiger partial charge is 0.472 e.